The lowest BCUT2D eigenvalue weighted by Gasteiger charge is -2.43. The van der Waals surface area contributed by atoms with E-state index in [1.165, 1.54) is 14.2 Å². The van der Waals surface area contributed by atoms with Crippen LogP contribution < -0.4 is 4.74 Å². The van der Waals surface area contributed by atoms with Crippen LogP contribution in [0, 0.1) is 12.3 Å². The van der Waals surface area contributed by atoms with Crippen molar-refractivity contribution in [1.29, 1.82) is 0 Å². The number of hydrogen-bond acceptors (Lipinski definition) is 5. The van der Waals surface area contributed by atoms with Crippen LogP contribution in [0.5, 0.6) is 5.75 Å². The molecule has 0 saturated heterocycles. The minimum Gasteiger partial charge on any atom is -0.496 e. The summed E-state index contributed by atoms with van der Waals surface area (Å²) in [4.78, 5) is 24.1. The Morgan fingerprint density at radius 2 is 1.67 bits per heavy atom. The van der Waals surface area contributed by atoms with E-state index in [1.54, 1.807) is 7.11 Å². The molecule has 1 atom stereocenters. The highest BCUT2D eigenvalue weighted by Gasteiger charge is 2.48. The molecule has 24 heavy (non-hydrogen) atoms. The third-order valence-electron chi connectivity index (χ3n) is 5.16. The summed E-state index contributed by atoms with van der Waals surface area (Å²) >= 11 is 0. The maximum atomic E-state index is 12.4. The largest absolute Gasteiger partial charge is 0.496 e. The Labute approximate surface area is 144 Å². The summed E-state index contributed by atoms with van der Waals surface area (Å²) < 4.78 is 15.1. The second kappa shape index (κ2) is 7.69. The molecule has 0 N–H and O–H groups in total. The molecule has 0 aliphatic rings. The van der Waals surface area contributed by atoms with E-state index >= 15 is 0 Å². The summed E-state index contributed by atoms with van der Waals surface area (Å²) in [5, 5.41) is 0. The van der Waals surface area contributed by atoms with Crippen LogP contribution in [0.1, 0.15) is 44.7 Å². The molecule has 134 valence electrons. The van der Waals surface area contributed by atoms with Gasteiger partial charge in [0.15, 0.2) is 0 Å². The van der Waals surface area contributed by atoms with Crippen LogP contribution in [0.2, 0.25) is 0 Å². The van der Waals surface area contributed by atoms with Crippen LogP contribution >= 0.6 is 0 Å². The summed E-state index contributed by atoms with van der Waals surface area (Å²) in [5.74, 6) is 0.167. The molecule has 0 aliphatic heterocycles. The topological polar surface area (TPSA) is 61.8 Å². The third kappa shape index (κ3) is 3.71. The standard InChI is InChI=1S/C19H28O5/c1-13-12-14(8-9-15(13)22-5)19(4,11-10-16(20)23-6)18(2,3)17(21)24-7/h8-9,12H,10-11H2,1-7H3. The first-order valence-corrected chi connectivity index (χ1v) is 7.94. The van der Waals surface area contributed by atoms with Gasteiger partial charge in [0.25, 0.3) is 0 Å². The average molecular weight is 336 g/mol. The summed E-state index contributed by atoms with van der Waals surface area (Å²) in [7, 11) is 4.36. The van der Waals surface area contributed by atoms with Gasteiger partial charge >= 0.3 is 11.9 Å². The summed E-state index contributed by atoms with van der Waals surface area (Å²) in [5.41, 5.74) is 0.502. The maximum absolute atomic E-state index is 12.4. The van der Waals surface area contributed by atoms with E-state index < -0.39 is 10.8 Å². The Morgan fingerprint density at radius 3 is 2.12 bits per heavy atom. The zero-order chi connectivity index (χ0) is 18.5. The van der Waals surface area contributed by atoms with Gasteiger partial charge in [-0.05, 0) is 44.4 Å². The molecule has 0 heterocycles. The summed E-state index contributed by atoms with van der Waals surface area (Å²) in [6.45, 7) is 7.62. The lowest BCUT2D eigenvalue weighted by atomic mass is 9.60. The number of ether oxygens (including phenoxy) is 3. The molecule has 0 aliphatic carbocycles. The fourth-order valence-electron chi connectivity index (χ4n) is 2.97. The fraction of sp³-hybridized carbons (Fsp3) is 0.579. The van der Waals surface area contributed by atoms with Gasteiger partial charge in [0.1, 0.15) is 5.75 Å². The van der Waals surface area contributed by atoms with E-state index in [-0.39, 0.29) is 18.4 Å². The van der Waals surface area contributed by atoms with Gasteiger partial charge in [-0.15, -0.1) is 0 Å². The monoisotopic (exact) mass is 336 g/mol. The molecule has 1 unspecified atom stereocenters. The first-order chi connectivity index (χ1) is 11.1. The fourth-order valence-corrected chi connectivity index (χ4v) is 2.97. The number of hydrogen-bond donors (Lipinski definition) is 0. The number of benzene rings is 1. The Kier molecular flexibility index (Phi) is 6.41. The van der Waals surface area contributed by atoms with Crippen molar-refractivity contribution < 1.29 is 23.8 Å². The smallest absolute Gasteiger partial charge is 0.312 e. The van der Waals surface area contributed by atoms with Crippen molar-refractivity contribution in [1.82, 2.24) is 0 Å². The second-order valence-corrected chi connectivity index (χ2v) is 6.71. The quantitative estimate of drug-likeness (QED) is 0.714. The SMILES string of the molecule is COC(=O)CCC(C)(c1ccc(OC)c(C)c1)C(C)(C)C(=O)OC. The van der Waals surface area contributed by atoms with Crippen molar-refractivity contribution in [3.8, 4) is 5.75 Å². The molecule has 0 spiro atoms. The summed E-state index contributed by atoms with van der Waals surface area (Å²) in [6.07, 6.45) is 0.687. The van der Waals surface area contributed by atoms with E-state index in [2.05, 4.69) is 0 Å². The molecule has 5 nitrogen and oxygen atoms in total. The molecule has 1 rings (SSSR count). The molecule has 0 aromatic heterocycles. The van der Waals surface area contributed by atoms with Crippen LogP contribution in [0.3, 0.4) is 0 Å². The van der Waals surface area contributed by atoms with Gasteiger partial charge in [-0.25, -0.2) is 0 Å². The van der Waals surface area contributed by atoms with E-state index in [4.69, 9.17) is 14.2 Å². The van der Waals surface area contributed by atoms with Gasteiger partial charge < -0.3 is 14.2 Å². The van der Waals surface area contributed by atoms with Crippen LogP contribution in [0.4, 0.5) is 0 Å². The number of esters is 2. The number of rotatable bonds is 7. The minimum absolute atomic E-state index is 0.221. The van der Waals surface area contributed by atoms with Crippen molar-refractivity contribution in [3.05, 3.63) is 29.3 Å². The van der Waals surface area contributed by atoms with Crippen molar-refractivity contribution >= 4 is 11.9 Å². The molecular weight excluding hydrogens is 308 g/mol. The van der Waals surface area contributed by atoms with Crippen molar-refractivity contribution in [3.63, 3.8) is 0 Å². The second-order valence-electron chi connectivity index (χ2n) is 6.71. The average Bonchev–Trinajstić information content (AvgIpc) is 2.57. The Balaban J connectivity index is 3.39. The predicted octanol–water partition coefficient (Wildman–Crippen LogP) is 3.41. The molecule has 0 saturated carbocycles. The van der Waals surface area contributed by atoms with Crippen LogP contribution in [-0.2, 0) is 24.5 Å². The first kappa shape index (κ1) is 20.0. The molecule has 0 radical (unpaired) electrons. The van der Waals surface area contributed by atoms with Crippen LogP contribution in [-0.4, -0.2) is 33.3 Å². The molecule has 0 fully saturated rings. The Morgan fingerprint density at radius 1 is 1.04 bits per heavy atom. The van der Waals surface area contributed by atoms with E-state index in [9.17, 15) is 9.59 Å². The highest BCUT2D eigenvalue weighted by molar-refractivity contribution is 5.78. The van der Waals surface area contributed by atoms with Gasteiger partial charge in [-0.2, -0.15) is 0 Å². The minimum atomic E-state index is -0.823. The van der Waals surface area contributed by atoms with Crippen LogP contribution in [0.15, 0.2) is 18.2 Å². The van der Waals surface area contributed by atoms with Crippen molar-refractivity contribution in [2.45, 2.75) is 46.0 Å². The highest BCUT2D eigenvalue weighted by atomic mass is 16.5. The number of methoxy groups -OCH3 is 3. The van der Waals surface area contributed by atoms with E-state index in [1.807, 2.05) is 45.9 Å². The van der Waals surface area contributed by atoms with E-state index in [0.29, 0.717) is 6.42 Å². The highest BCUT2D eigenvalue weighted by Crippen LogP contribution is 2.46. The van der Waals surface area contributed by atoms with Gasteiger partial charge in [0, 0.05) is 11.8 Å². The molecule has 5 heteroatoms. The number of aryl methyl sites for hydroxylation is 1. The van der Waals surface area contributed by atoms with Crippen molar-refractivity contribution in [2.75, 3.05) is 21.3 Å². The first-order valence-electron chi connectivity index (χ1n) is 7.94. The Bertz CT molecular complexity index is 606. The van der Waals surface area contributed by atoms with Crippen LogP contribution in [0.25, 0.3) is 0 Å². The predicted molar refractivity (Wildman–Crippen MR) is 92.1 cm³/mol. The molecular formula is C19H28O5. The zero-order valence-electron chi connectivity index (χ0n) is 15.7. The third-order valence-corrected chi connectivity index (χ3v) is 5.16. The van der Waals surface area contributed by atoms with E-state index in [0.717, 1.165) is 16.9 Å². The van der Waals surface area contributed by atoms with Gasteiger partial charge in [-0.1, -0.05) is 19.1 Å². The molecule has 0 amide bonds. The number of carbonyl (C=O) groups excluding carboxylic acids is 2. The lowest BCUT2D eigenvalue weighted by molar-refractivity contribution is -0.156. The van der Waals surface area contributed by atoms with Crippen molar-refractivity contribution in [2.24, 2.45) is 5.41 Å². The van der Waals surface area contributed by atoms with Gasteiger partial charge in [0.2, 0.25) is 0 Å². The summed E-state index contributed by atoms with van der Waals surface area (Å²) in [6, 6.07) is 5.82. The number of carbonyl (C=O) groups is 2. The molecule has 1 aromatic carbocycles. The van der Waals surface area contributed by atoms with Gasteiger partial charge in [0.05, 0.1) is 26.7 Å². The molecule has 1 aromatic rings. The normalized spacial score (nSPS) is 13.8. The maximum Gasteiger partial charge on any atom is 0.312 e. The Hall–Kier alpha value is -2.04. The lowest BCUT2D eigenvalue weighted by Crippen LogP contribution is -2.46. The zero-order valence-corrected chi connectivity index (χ0v) is 15.7. The van der Waals surface area contributed by atoms with Gasteiger partial charge in [-0.3, -0.25) is 9.59 Å². The molecule has 0 bridgehead atoms.